The van der Waals surface area contributed by atoms with Crippen LogP contribution in [-0.2, 0) is 0 Å². The Labute approximate surface area is 143 Å². The van der Waals surface area contributed by atoms with Gasteiger partial charge in [-0.1, -0.05) is 6.07 Å². The third-order valence-corrected chi connectivity index (χ3v) is 4.28. The highest BCUT2D eigenvalue weighted by molar-refractivity contribution is 5.90. The standard InChI is InChI=1S/C18H26N4O2/c1-13-11-21(12-18(3,4)24)8-9-22(13)17(23)20-16-7-5-6-15(10-19)14(16)2/h5-7,13,24H,8-9,11-12H2,1-4H3,(H,20,23)/t13-/m0/s1. The molecule has 1 aromatic rings. The second-order valence-electron chi connectivity index (χ2n) is 7.11. The monoisotopic (exact) mass is 330 g/mol. The molecule has 0 bridgehead atoms. The van der Waals surface area contributed by atoms with Crippen LogP contribution >= 0.6 is 0 Å². The molecular formula is C18H26N4O2. The number of β-amino-alcohol motifs (C(OH)–C–C–N with tert-alkyl or cyclic N) is 1. The second-order valence-corrected chi connectivity index (χ2v) is 7.11. The Kier molecular flexibility index (Phi) is 5.47. The van der Waals surface area contributed by atoms with E-state index in [2.05, 4.69) is 16.3 Å². The van der Waals surface area contributed by atoms with Gasteiger partial charge in [-0.2, -0.15) is 5.26 Å². The molecule has 1 saturated heterocycles. The maximum absolute atomic E-state index is 12.6. The summed E-state index contributed by atoms with van der Waals surface area (Å²) in [5, 5.41) is 22.0. The number of amides is 2. The molecule has 1 heterocycles. The molecule has 130 valence electrons. The number of hydrogen-bond donors (Lipinski definition) is 2. The highest BCUT2D eigenvalue weighted by Crippen LogP contribution is 2.20. The van der Waals surface area contributed by atoms with Gasteiger partial charge < -0.3 is 15.3 Å². The van der Waals surface area contributed by atoms with Crippen LogP contribution in [0.1, 0.15) is 31.9 Å². The molecule has 1 aliphatic heterocycles. The van der Waals surface area contributed by atoms with Gasteiger partial charge >= 0.3 is 6.03 Å². The molecule has 0 aromatic heterocycles. The Hall–Kier alpha value is -2.10. The third kappa shape index (κ3) is 4.47. The number of benzene rings is 1. The van der Waals surface area contributed by atoms with E-state index in [1.54, 1.807) is 30.9 Å². The number of carbonyl (C=O) groups excluding carboxylic acids is 1. The van der Waals surface area contributed by atoms with Crippen molar-refractivity contribution in [3.05, 3.63) is 29.3 Å². The highest BCUT2D eigenvalue weighted by Gasteiger charge is 2.30. The lowest BCUT2D eigenvalue weighted by Crippen LogP contribution is -2.57. The zero-order valence-electron chi connectivity index (χ0n) is 14.8. The first-order chi connectivity index (χ1) is 11.2. The summed E-state index contributed by atoms with van der Waals surface area (Å²) in [5.41, 5.74) is 1.28. The SMILES string of the molecule is Cc1c(C#N)cccc1NC(=O)N1CCN(CC(C)(C)O)C[C@@H]1C. The Balaban J connectivity index is 2.01. The van der Waals surface area contributed by atoms with Crippen LogP contribution < -0.4 is 5.32 Å². The topological polar surface area (TPSA) is 79.6 Å². The van der Waals surface area contributed by atoms with Crippen LogP contribution in [-0.4, -0.2) is 58.8 Å². The van der Waals surface area contributed by atoms with Crippen molar-refractivity contribution < 1.29 is 9.90 Å². The first-order valence-corrected chi connectivity index (χ1v) is 8.23. The molecule has 2 N–H and O–H groups in total. The number of anilines is 1. The summed E-state index contributed by atoms with van der Waals surface area (Å²) in [5.74, 6) is 0. The van der Waals surface area contributed by atoms with E-state index in [1.165, 1.54) is 0 Å². The van der Waals surface area contributed by atoms with Crippen LogP contribution in [0.15, 0.2) is 18.2 Å². The molecule has 0 unspecified atom stereocenters. The van der Waals surface area contributed by atoms with Gasteiger partial charge in [0.2, 0.25) is 0 Å². The van der Waals surface area contributed by atoms with Crippen LogP contribution in [0.2, 0.25) is 0 Å². The van der Waals surface area contributed by atoms with Crippen molar-refractivity contribution in [2.45, 2.75) is 39.3 Å². The number of nitrogens with one attached hydrogen (secondary N) is 1. The van der Waals surface area contributed by atoms with Crippen LogP contribution in [0.5, 0.6) is 0 Å². The quantitative estimate of drug-likeness (QED) is 0.890. The molecule has 0 radical (unpaired) electrons. The zero-order valence-corrected chi connectivity index (χ0v) is 14.8. The fourth-order valence-electron chi connectivity index (χ4n) is 3.10. The fourth-order valence-corrected chi connectivity index (χ4v) is 3.10. The van der Waals surface area contributed by atoms with E-state index < -0.39 is 5.60 Å². The lowest BCUT2D eigenvalue weighted by Gasteiger charge is -2.41. The molecule has 0 aliphatic carbocycles. The summed E-state index contributed by atoms with van der Waals surface area (Å²) in [6.45, 7) is 10.1. The van der Waals surface area contributed by atoms with Gasteiger partial charge in [0, 0.05) is 37.9 Å². The van der Waals surface area contributed by atoms with Gasteiger partial charge in [-0.3, -0.25) is 4.90 Å². The van der Waals surface area contributed by atoms with Crippen LogP contribution in [0.25, 0.3) is 0 Å². The zero-order chi connectivity index (χ0) is 17.9. The van der Waals surface area contributed by atoms with Crippen molar-refractivity contribution in [3.8, 4) is 6.07 Å². The van der Waals surface area contributed by atoms with E-state index in [1.807, 2.05) is 19.9 Å². The number of carbonyl (C=O) groups is 1. The van der Waals surface area contributed by atoms with Crippen molar-refractivity contribution in [1.29, 1.82) is 5.26 Å². The number of urea groups is 1. The first-order valence-electron chi connectivity index (χ1n) is 8.23. The maximum Gasteiger partial charge on any atom is 0.322 e. The van der Waals surface area contributed by atoms with Gasteiger partial charge in [-0.05, 0) is 45.4 Å². The predicted molar refractivity (Wildman–Crippen MR) is 93.8 cm³/mol. The number of rotatable bonds is 3. The molecule has 0 saturated carbocycles. The van der Waals surface area contributed by atoms with Gasteiger partial charge in [0.15, 0.2) is 0 Å². The molecule has 2 rings (SSSR count). The minimum Gasteiger partial charge on any atom is -0.389 e. The third-order valence-electron chi connectivity index (χ3n) is 4.28. The summed E-state index contributed by atoms with van der Waals surface area (Å²) in [6, 6.07) is 7.35. The Morgan fingerprint density at radius 1 is 1.46 bits per heavy atom. The molecule has 6 nitrogen and oxygen atoms in total. The van der Waals surface area contributed by atoms with Crippen molar-refractivity contribution in [2.75, 3.05) is 31.5 Å². The summed E-state index contributed by atoms with van der Waals surface area (Å²) >= 11 is 0. The first kappa shape index (κ1) is 18.2. The van der Waals surface area contributed by atoms with Crippen molar-refractivity contribution in [2.24, 2.45) is 0 Å². The summed E-state index contributed by atoms with van der Waals surface area (Å²) in [7, 11) is 0. The van der Waals surface area contributed by atoms with E-state index in [9.17, 15) is 9.90 Å². The van der Waals surface area contributed by atoms with Crippen molar-refractivity contribution >= 4 is 11.7 Å². The number of hydrogen-bond acceptors (Lipinski definition) is 4. The van der Waals surface area contributed by atoms with E-state index in [4.69, 9.17) is 5.26 Å². The minimum absolute atomic E-state index is 0.0561. The molecular weight excluding hydrogens is 304 g/mol. The van der Waals surface area contributed by atoms with E-state index in [0.717, 1.165) is 18.7 Å². The summed E-state index contributed by atoms with van der Waals surface area (Å²) < 4.78 is 0. The molecule has 2 amide bonds. The number of nitrogens with zero attached hydrogens (tertiary/aromatic N) is 3. The molecule has 1 aliphatic rings. The lowest BCUT2D eigenvalue weighted by atomic mass is 10.1. The average Bonchev–Trinajstić information content (AvgIpc) is 2.47. The minimum atomic E-state index is -0.737. The number of nitriles is 1. The van der Waals surface area contributed by atoms with Crippen molar-refractivity contribution in [3.63, 3.8) is 0 Å². The largest absolute Gasteiger partial charge is 0.389 e. The summed E-state index contributed by atoms with van der Waals surface area (Å²) in [6.07, 6.45) is 0. The van der Waals surface area contributed by atoms with E-state index in [0.29, 0.717) is 24.3 Å². The van der Waals surface area contributed by atoms with Crippen LogP contribution in [0.4, 0.5) is 10.5 Å². The van der Waals surface area contributed by atoms with E-state index in [-0.39, 0.29) is 12.1 Å². The normalized spacial score (nSPS) is 19.0. The molecule has 1 aromatic carbocycles. The molecule has 1 fully saturated rings. The van der Waals surface area contributed by atoms with Crippen molar-refractivity contribution in [1.82, 2.24) is 9.80 Å². The van der Waals surface area contributed by atoms with Crippen LogP contribution in [0, 0.1) is 18.3 Å². The van der Waals surface area contributed by atoms with E-state index >= 15 is 0 Å². The number of aliphatic hydroxyl groups is 1. The Bertz CT molecular complexity index is 645. The Morgan fingerprint density at radius 2 is 2.17 bits per heavy atom. The smallest absolute Gasteiger partial charge is 0.322 e. The number of piperazine rings is 1. The molecule has 0 spiro atoms. The van der Waals surface area contributed by atoms with Gasteiger partial charge in [0.05, 0.1) is 17.2 Å². The van der Waals surface area contributed by atoms with Gasteiger partial charge in [0.1, 0.15) is 0 Å². The highest BCUT2D eigenvalue weighted by atomic mass is 16.3. The lowest BCUT2D eigenvalue weighted by molar-refractivity contribution is 0.0130. The van der Waals surface area contributed by atoms with Gasteiger partial charge in [0.25, 0.3) is 0 Å². The average molecular weight is 330 g/mol. The predicted octanol–water partition coefficient (Wildman–Crippen LogP) is 2.18. The molecule has 6 heteroatoms. The second kappa shape index (κ2) is 7.20. The summed E-state index contributed by atoms with van der Waals surface area (Å²) in [4.78, 5) is 16.6. The Morgan fingerprint density at radius 3 is 2.75 bits per heavy atom. The van der Waals surface area contributed by atoms with Gasteiger partial charge in [-0.25, -0.2) is 4.79 Å². The fraction of sp³-hybridized carbons (Fsp3) is 0.556. The van der Waals surface area contributed by atoms with Gasteiger partial charge in [-0.15, -0.1) is 0 Å². The van der Waals surface area contributed by atoms with Crippen LogP contribution in [0.3, 0.4) is 0 Å². The molecule has 24 heavy (non-hydrogen) atoms. The molecule has 1 atom stereocenters. The maximum atomic E-state index is 12.6.